The molecule has 0 atom stereocenters. The molecule has 29 heavy (non-hydrogen) atoms. The molecule has 4 heteroatoms. The Morgan fingerprint density at radius 3 is 1.72 bits per heavy atom. The number of ether oxygens (including phenoxy) is 3. The average Bonchev–Trinajstić information content (AvgIpc) is 2.72. The molecule has 0 bridgehead atoms. The highest BCUT2D eigenvalue weighted by atomic mass is 16.6. The number of hydrogen-bond acceptors (Lipinski definition) is 4. The Morgan fingerprint density at radius 1 is 0.586 bits per heavy atom. The number of hydrogen-bond donors (Lipinski definition) is 0. The van der Waals surface area contributed by atoms with Crippen molar-refractivity contribution in [3.05, 3.63) is 12.2 Å². The van der Waals surface area contributed by atoms with Crippen molar-refractivity contribution >= 4 is 5.97 Å². The van der Waals surface area contributed by atoms with Gasteiger partial charge in [-0.15, -0.1) is 0 Å². The molecule has 0 radical (unpaired) electrons. The minimum atomic E-state index is -0.103. The molecule has 0 aliphatic heterocycles. The van der Waals surface area contributed by atoms with Gasteiger partial charge in [-0.3, -0.25) is 4.79 Å². The SMILES string of the molecule is CCCCCCCC/C=C\CCCCCCCC(=O)OCCOCCOCCC. The number of carbonyl (C=O) groups is 1. The monoisotopic (exact) mass is 412 g/mol. The summed E-state index contributed by atoms with van der Waals surface area (Å²) < 4.78 is 15.8. The second kappa shape index (κ2) is 25.2. The largest absolute Gasteiger partial charge is 0.463 e. The standard InChI is InChI=1S/C25H48O4/c1-3-5-6-7-8-9-10-11-12-13-14-15-16-17-18-19-25(26)29-24-23-28-22-21-27-20-4-2/h11-12H,3-10,13-24H2,1-2H3/b12-11-. The number of rotatable bonds is 23. The van der Waals surface area contributed by atoms with Crippen LogP contribution < -0.4 is 0 Å². The third-order valence-electron chi connectivity index (χ3n) is 4.85. The molecule has 4 nitrogen and oxygen atoms in total. The predicted octanol–water partition coefficient (Wildman–Crippen LogP) is 7.01. The lowest BCUT2D eigenvalue weighted by molar-refractivity contribution is -0.145. The molecule has 0 aliphatic carbocycles. The van der Waals surface area contributed by atoms with E-state index in [1.807, 2.05) is 0 Å². The van der Waals surface area contributed by atoms with Crippen molar-refractivity contribution < 1.29 is 19.0 Å². The number of esters is 1. The normalized spacial score (nSPS) is 11.4. The molecule has 0 heterocycles. The van der Waals surface area contributed by atoms with Crippen molar-refractivity contribution in [3.63, 3.8) is 0 Å². The summed E-state index contributed by atoms with van der Waals surface area (Å²) in [4.78, 5) is 11.6. The van der Waals surface area contributed by atoms with E-state index in [0.717, 1.165) is 25.9 Å². The summed E-state index contributed by atoms with van der Waals surface area (Å²) >= 11 is 0. The molecular formula is C25H48O4. The quantitative estimate of drug-likeness (QED) is 0.103. The summed E-state index contributed by atoms with van der Waals surface area (Å²) in [6, 6.07) is 0. The van der Waals surface area contributed by atoms with Gasteiger partial charge in [0.2, 0.25) is 0 Å². The van der Waals surface area contributed by atoms with Crippen molar-refractivity contribution in [1.82, 2.24) is 0 Å². The fourth-order valence-corrected chi connectivity index (χ4v) is 3.09. The summed E-state index contributed by atoms with van der Waals surface area (Å²) in [6.45, 7) is 7.08. The van der Waals surface area contributed by atoms with Crippen molar-refractivity contribution in [3.8, 4) is 0 Å². The molecule has 0 aromatic heterocycles. The Balaban J connectivity index is 3.19. The van der Waals surface area contributed by atoms with Crippen LogP contribution in [0.25, 0.3) is 0 Å². The van der Waals surface area contributed by atoms with Gasteiger partial charge in [-0.2, -0.15) is 0 Å². The molecule has 0 rings (SSSR count). The van der Waals surface area contributed by atoms with Gasteiger partial charge >= 0.3 is 5.97 Å². The third kappa shape index (κ3) is 25.1. The first-order valence-corrected chi connectivity index (χ1v) is 12.3. The van der Waals surface area contributed by atoms with Crippen LogP contribution >= 0.6 is 0 Å². The minimum absolute atomic E-state index is 0.103. The molecule has 0 fully saturated rings. The maximum atomic E-state index is 11.6. The van der Waals surface area contributed by atoms with Crippen LogP contribution in [0.4, 0.5) is 0 Å². The molecular weight excluding hydrogens is 364 g/mol. The molecule has 0 N–H and O–H groups in total. The van der Waals surface area contributed by atoms with Gasteiger partial charge in [0.1, 0.15) is 6.61 Å². The Labute approximate surface area is 180 Å². The molecule has 0 aliphatic rings. The maximum absolute atomic E-state index is 11.6. The Morgan fingerprint density at radius 2 is 1.10 bits per heavy atom. The highest BCUT2D eigenvalue weighted by molar-refractivity contribution is 5.69. The van der Waals surface area contributed by atoms with E-state index in [1.54, 1.807) is 0 Å². The summed E-state index contributed by atoms with van der Waals surface area (Å²) in [7, 11) is 0. The summed E-state index contributed by atoms with van der Waals surface area (Å²) in [5, 5.41) is 0. The van der Waals surface area contributed by atoms with E-state index < -0.39 is 0 Å². The van der Waals surface area contributed by atoms with E-state index >= 15 is 0 Å². The number of allylic oxidation sites excluding steroid dienone is 2. The van der Waals surface area contributed by atoms with Gasteiger partial charge in [0, 0.05) is 13.0 Å². The molecule has 0 spiro atoms. The number of unbranched alkanes of at least 4 members (excludes halogenated alkanes) is 11. The van der Waals surface area contributed by atoms with Crippen LogP contribution in [-0.2, 0) is 19.0 Å². The van der Waals surface area contributed by atoms with Crippen LogP contribution in [-0.4, -0.2) is 39.0 Å². The van der Waals surface area contributed by atoms with E-state index in [4.69, 9.17) is 14.2 Å². The fraction of sp³-hybridized carbons (Fsp3) is 0.880. The molecule has 0 aromatic carbocycles. The first-order chi connectivity index (χ1) is 14.3. The molecule has 0 saturated heterocycles. The first kappa shape index (κ1) is 28.1. The van der Waals surface area contributed by atoms with Crippen LogP contribution in [0.1, 0.15) is 110 Å². The van der Waals surface area contributed by atoms with E-state index in [0.29, 0.717) is 32.8 Å². The molecule has 172 valence electrons. The second-order valence-corrected chi connectivity index (χ2v) is 7.78. The van der Waals surface area contributed by atoms with Crippen molar-refractivity contribution in [2.75, 3.05) is 33.0 Å². The molecule has 0 aromatic rings. The van der Waals surface area contributed by atoms with Gasteiger partial charge in [0.25, 0.3) is 0 Å². The van der Waals surface area contributed by atoms with Crippen molar-refractivity contribution in [1.29, 1.82) is 0 Å². The average molecular weight is 413 g/mol. The van der Waals surface area contributed by atoms with Crippen LogP contribution in [0.2, 0.25) is 0 Å². The van der Waals surface area contributed by atoms with E-state index in [9.17, 15) is 4.79 Å². The number of carbonyl (C=O) groups excluding carboxylic acids is 1. The second-order valence-electron chi connectivity index (χ2n) is 7.78. The predicted molar refractivity (Wildman–Crippen MR) is 122 cm³/mol. The van der Waals surface area contributed by atoms with Gasteiger partial charge in [-0.05, 0) is 38.5 Å². The lowest BCUT2D eigenvalue weighted by Gasteiger charge is -2.06. The van der Waals surface area contributed by atoms with E-state index in [-0.39, 0.29) is 5.97 Å². The molecule has 0 unspecified atom stereocenters. The molecule has 0 amide bonds. The topological polar surface area (TPSA) is 44.8 Å². The van der Waals surface area contributed by atoms with Gasteiger partial charge in [-0.1, -0.05) is 77.4 Å². The Kier molecular flexibility index (Phi) is 24.4. The summed E-state index contributed by atoms with van der Waals surface area (Å²) in [6.07, 6.45) is 22.7. The van der Waals surface area contributed by atoms with Crippen LogP contribution in [0.3, 0.4) is 0 Å². The van der Waals surface area contributed by atoms with Crippen molar-refractivity contribution in [2.24, 2.45) is 0 Å². The van der Waals surface area contributed by atoms with Gasteiger partial charge in [-0.25, -0.2) is 0 Å². The zero-order valence-electron chi connectivity index (χ0n) is 19.4. The van der Waals surface area contributed by atoms with Gasteiger partial charge in [0.05, 0.1) is 19.8 Å². The lowest BCUT2D eigenvalue weighted by Crippen LogP contribution is -2.12. The summed E-state index contributed by atoms with van der Waals surface area (Å²) in [5.74, 6) is -0.103. The lowest BCUT2D eigenvalue weighted by atomic mass is 10.1. The Bertz CT molecular complexity index is 355. The highest BCUT2D eigenvalue weighted by Gasteiger charge is 2.02. The fourth-order valence-electron chi connectivity index (χ4n) is 3.09. The van der Waals surface area contributed by atoms with Crippen LogP contribution in [0, 0.1) is 0 Å². The van der Waals surface area contributed by atoms with Crippen LogP contribution in [0.5, 0.6) is 0 Å². The maximum Gasteiger partial charge on any atom is 0.305 e. The van der Waals surface area contributed by atoms with Gasteiger partial charge < -0.3 is 14.2 Å². The Hall–Kier alpha value is -0.870. The third-order valence-corrected chi connectivity index (χ3v) is 4.85. The van der Waals surface area contributed by atoms with E-state index in [1.165, 1.54) is 70.6 Å². The summed E-state index contributed by atoms with van der Waals surface area (Å²) in [5.41, 5.74) is 0. The van der Waals surface area contributed by atoms with Crippen LogP contribution in [0.15, 0.2) is 12.2 Å². The zero-order chi connectivity index (χ0) is 21.3. The highest BCUT2D eigenvalue weighted by Crippen LogP contribution is 2.10. The smallest absolute Gasteiger partial charge is 0.305 e. The zero-order valence-corrected chi connectivity index (χ0v) is 19.4. The van der Waals surface area contributed by atoms with Gasteiger partial charge in [0.15, 0.2) is 0 Å². The van der Waals surface area contributed by atoms with Crippen molar-refractivity contribution in [2.45, 2.75) is 110 Å². The first-order valence-electron chi connectivity index (χ1n) is 12.3. The minimum Gasteiger partial charge on any atom is -0.463 e. The molecule has 0 saturated carbocycles. The van der Waals surface area contributed by atoms with E-state index in [2.05, 4.69) is 26.0 Å².